The third-order valence-corrected chi connectivity index (χ3v) is 4.52. The number of benzene rings is 2. The van der Waals surface area contributed by atoms with Crippen LogP contribution >= 0.6 is 0 Å². The second kappa shape index (κ2) is 5.94. The van der Waals surface area contributed by atoms with Crippen LogP contribution in [0, 0.1) is 0 Å². The van der Waals surface area contributed by atoms with E-state index >= 15 is 0 Å². The zero-order valence-electron chi connectivity index (χ0n) is 14.5. The first-order chi connectivity index (χ1) is 12.8. The molecule has 136 valence electrons. The Bertz CT molecular complexity index is 1030. The molecule has 4 rings (SSSR count). The Balaban J connectivity index is 1.57. The number of carbonyl (C=O) groups is 4. The molecule has 0 aliphatic carbocycles. The number of rotatable bonds is 2. The van der Waals surface area contributed by atoms with Crippen LogP contribution in [0.15, 0.2) is 36.4 Å². The van der Waals surface area contributed by atoms with Gasteiger partial charge in [0.2, 0.25) is 0 Å². The summed E-state index contributed by atoms with van der Waals surface area (Å²) >= 11 is 0. The van der Waals surface area contributed by atoms with E-state index in [4.69, 9.17) is 4.74 Å². The van der Waals surface area contributed by atoms with Crippen LogP contribution in [0.4, 0.5) is 11.4 Å². The number of anilines is 2. The van der Waals surface area contributed by atoms with Crippen LogP contribution in [-0.4, -0.2) is 41.7 Å². The number of nitrogens with one attached hydrogen (secondary N) is 2. The van der Waals surface area contributed by atoms with Crippen molar-refractivity contribution >= 4 is 35.0 Å². The van der Waals surface area contributed by atoms with E-state index in [9.17, 15) is 19.2 Å². The van der Waals surface area contributed by atoms with E-state index in [0.717, 1.165) is 4.90 Å². The number of nitrogens with zero attached hydrogens (tertiary/aromatic N) is 1. The van der Waals surface area contributed by atoms with Gasteiger partial charge in [-0.15, -0.1) is 0 Å². The summed E-state index contributed by atoms with van der Waals surface area (Å²) in [7, 11) is 1.40. The number of hydrogen-bond acceptors (Lipinski definition) is 5. The second-order valence-corrected chi connectivity index (χ2v) is 6.34. The summed E-state index contributed by atoms with van der Waals surface area (Å²) in [5, 5.41) is 5.42. The van der Waals surface area contributed by atoms with Gasteiger partial charge in [0.25, 0.3) is 23.6 Å². The van der Waals surface area contributed by atoms with Crippen molar-refractivity contribution in [3.05, 3.63) is 53.1 Å². The molecule has 2 aromatic rings. The molecular weight excluding hydrogens is 350 g/mol. The summed E-state index contributed by atoms with van der Waals surface area (Å²) in [4.78, 5) is 49.3. The normalized spacial score (nSPS) is 17.8. The lowest BCUT2D eigenvalue weighted by Crippen LogP contribution is -2.34. The van der Waals surface area contributed by atoms with Gasteiger partial charge >= 0.3 is 0 Å². The molecule has 4 amide bonds. The average molecular weight is 365 g/mol. The molecule has 8 heteroatoms. The van der Waals surface area contributed by atoms with E-state index in [-0.39, 0.29) is 28.5 Å². The smallest absolute Gasteiger partial charge is 0.265 e. The van der Waals surface area contributed by atoms with Crippen molar-refractivity contribution in [3.8, 4) is 5.75 Å². The minimum absolute atomic E-state index is 0.204. The molecule has 2 heterocycles. The molecule has 0 fully saturated rings. The highest BCUT2D eigenvalue weighted by molar-refractivity contribution is 6.22. The predicted molar refractivity (Wildman–Crippen MR) is 96.0 cm³/mol. The summed E-state index contributed by atoms with van der Waals surface area (Å²) in [6.45, 7) is 1.64. The largest absolute Gasteiger partial charge is 0.479 e. The first-order valence-electron chi connectivity index (χ1n) is 8.24. The maximum atomic E-state index is 12.5. The molecule has 2 N–H and O–H groups in total. The molecule has 2 aromatic carbocycles. The van der Waals surface area contributed by atoms with E-state index in [1.807, 2.05) is 0 Å². The Hall–Kier alpha value is -3.68. The van der Waals surface area contributed by atoms with Gasteiger partial charge in [-0.05, 0) is 43.3 Å². The van der Waals surface area contributed by atoms with E-state index in [0.29, 0.717) is 17.1 Å². The summed E-state index contributed by atoms with van der Waals surface area (Å²) in [6, 6.07) is 9.25. The minimum Gasteiger partial charge on any atom is -0.479 e. The van der Waals surface area contributed by atoms with Gasteiger partial charge in [0.15, 0.2) is 6.10 Å². The second-order valence-electron chi connectivity index (χ2n) is 6.34. The van der Waals surface area contributed by atoms with Gasteiger partial charge in [0.1, 0.15) is 5.75 Å². The number of hydrogen-bond donors (Lipinski definition) is 2. The van der Waals surface area contributed by atoms with Gasteiger partial charge in [-0.3, -0.25) is 24.1 Å². The van der Waals surface area contributed by atoms with Crippen LogP contribution in [0.2, 0.25) is 0 Å². The topological polar surface area (TPSA) is 105 Å². The Morgan fingerprint density at radius 1 is 1.07 bits per heavy atom. The standard InChI is InChI=1S/C19H15N3O5/c1-9-16(23)21-14-8-11(4-6-15(14)27-9)20-17(24)10-3-5-12-13(7-10)19(26)22(2)18(12)25/h3-9H,1-2H3,(H,20,24)(H,21,23). The zero-order chi connectivity index (χ0) is 19.3. The monoisotopic (exact) mass is 365 g/mol. The Morgan fingerprint density at radius 3 is 2.59 bits per heavy atom. The molecule has 8 nitrogen and oxygen atoms in total. The van der Waals surface area contributed by atoms with Crippen molar-refractivity contribution < 1.29 is 23.9 Å². The van der Waals surface area contributed by atoms with Gasteiger partial charge in [-0.2, -0.15) is 0 Å². The van der Waals surface area contributed by atoms with Crippen molar-refractivity contribution in [3.63, 3.8) is 0 Å². The van der Waals surface area contributed by atoms with Crippen LogP contribution < -0.4 is 15.4 Å². The average Bonchev–Trinajstić information content (AvgIpc) is 2.87. The zero-order valence-corrected chi connectivity index (χ0v) is 14.5. The number of imide groups is 1. The number of fused-ring (bicyclic) bond motifs is 2. The maximum Gasteiger partial charge on any atom is 0.265 e. The lowest BCUT2D eigenvalue weighted by atomic mass is 10.1. The van der Waals surface area contributed by atoms with Gasteiger partial charge in [-0.1, -0.05) is 0 Å². The summed E-state index contributed by atoms with van der Waals surface area (Å²) < 4.78 is 5.47. The minimum atomic E-state index is -0.581. The molecule has 0 saturated heterocycles. The molecule has 0 aromatic heterocycles. The van der Waals surface area contributed by atoms with Gasteiger partial charge in [-0.25, -0.2) is 0 Å². The lowest BCUT2D eigenvalue weighted by Gasteiger charge is -2.23. The van der Waals surface area contributed by atoms with E-state index < -0.39 is 17.9 Å². The SMILES string of the molecule is CC1Oc2ccc(NC(=O)c3ccc4c(c3)C(=O)N(C)C4=O)cc2NC1=O. The fourth-order valence-corrected chi connectivity index (χ4v) is 2.99. The Labute approximate surface area is 154 Å². The van der Waals surface area contributed by atoms with E-state index in [2.05, 4.69) is 10.6 Å². The molecule has 0 spiro atoms. The van der Waals surface area contributed by atoms with Crippen LogP contribution in [0.1, 0.15) is 38.0 Å². The summed E-state index contributed by atoms with van der Waals surface area (Å²) in [5.41, 5.74) is 1.65. The highest BCUT2D eigenvalue weighted by Crippen LogP contribution is 2.32. The van der Waals surface area contributed by atoms with Crippen molar-refractivity contribution in [2.75, 3.05) is 17.7 Å². The molecule has 0 bridgehead atoms. The summed E-state index contributed by atoms with van der Waals surface area (Å²) in [6.07, 6.45) is -0.581. The summed E-state index contributed by atoms with van der Waals surface area (Å²) in [5.74, 6) is -1.01. The number of ether oxygens (including phenoxy) is 1. The number of amides is 4. The number of carbonyl (C=O) groups excluding carboxylic acids is 4. The van der Waals surface area contributed by atoms with Gasteiger partial charge in [0.05, 0.1) is 16.8 Å². The predicted octanol–water partition coefficient (Wildman–Crippen LogP) is 1.88. The van der Waals surface area contributed by atoms with Crippen LogP contribution in [0.25, 0.3) is 0 Å². The van der Waals surface area contributed by atoms with Crippen molar-refractivity contribution in [2.24, 2.45) is 0 Å². The van der Waals surface area contributed by atoms with E-state index in [1.54, 1.807) is 25.1 Å². The first kappa shape index (κ1) is 16.8. The van der Waals surface area contributed by atoms with Crippen molar-refractivity contribution in [1.29, 1.82) is 0 Å². The van der Waals surface area contributed by atoms with Crippen LogP contribution in [-0.2, 0) is 4.79 Å². The van der Waals surface area contributed by atoms with Crippen LogP contribution in [0.3, 0.4) is 0 Å². The quantitative estimate of drug-likeness (QED) is 0.791. The highest BCUT2D eigenvalue weighted by Gasteiger charge is 2.33. The molecule has 0 radical (unpaired) electrons. The fourth-order valence-electron chi connectivity index (χ4n) is 2.99. The van der Waals surface area contributed by atoms with Crippen LogP contribution in [0.5, 0.6) is 5.75 Å². The molecule has 2 aliphatic heterocycles. The third kappa shape index (κ3) is 2.71. The molecule has 0 saturated carbocycles. The Morgan fingerprint density at radius 2 is 1.81 bits per heavy atom. The molecule has 1 atom stereocenters. The third-order valence-electron chi connectivity index (χ3n) is 4.52. The highest BCUT2D eigenvalue weighted by atomic mass is 16.5. The maximum absolute atomic E-state index is 12.5. The Kier molecular flexibility index (Phi) is 3.69. The molecule has 27 heavy (non-hydrogen) atoms. The molecule has 1 unspecified atom stereocenters. The molecule has 2 aliphatic rings. The van der Waals surface area contributed by atoms with Gasteiger partial charge < -0.3 is 15.4 Å². The molecular formula is C19H15N3O5. The first-order valence-corrected chi connectivity index (χ1v) is 8.24. The van der Waals surface area contributed by atoms with Gasteiger partial charge in [0, 0.05) is 18.3 Å². The lowest BCUT2D eigenvalue weighted by molar-refractivity contribution is -0.122. The van der Waals surface area contributed by atoms with E-state index in [1.165, 1.54) is 25.2 Å². The van der Waals surface area contributed by atoms with Crippen molar-refractivity contribution in [1.82, 2.24) is 4.90 Å². The van der Waals surface area contributed by atoms with Crippen molar-refractivity contribution in [2.45, 2.75) is 13.0 Å². The fraction of sp³-hybridized carbons (Fsp3) is 0.158.